The molecule has 1 heteroatoms. The van der Waals surface area contributed by atoms with Crippen LogP contribution in [0.25, 0.3) is 0 Å². The van der Waals surface area contributed by atoms with Crippen molar-refractivity contribution in [3.63, 3.8) is 0 Å². The molecule has 0 spiro atoms. The van der Waals surface area contributed by atoms with Gasteiger partial charge in [-0.1, -0.05) is 63.5 Å². The summed E-state index contributed by atoms with van der Waals surface area (Å²) in [5.74, 6) is 0. The standard InChI is InChI=1S/C19H37N/c1-3-5-7-9-11-13-15-17-19(20)18-16-14-12-10-8-6-4-2/h3-4,19H,1-2,5-18,20H2. The zero-order chi connectivity index (χ0) is 14.9. The molecule has 0 saturated heterocycles. The van der Waals surface area contributed by atoms with Crippen LogP contribution in [-0.4, -0.2) is 6.04 Å². The molecule has 0 aromatic carbocycles. The number of hydrogen-bond donors (Lipinski definition) is 1. The van der Waals surface area contributed by atoms with Gasteiger partial charge in [0.2, 0.25) is 0 Å². The second-order valence-electron chi connectivity index (χ2n) is 6.03. The molecule has 0 aromatic heterocycles. The van der Waals surface area contributed by atoms with Crippen LogP contribution in [0, 0.1) is 0 Å². The van der Waals surface area contributed by atoms with Crippen molar-refractivity contribution in [1.82, 2.24) is 0 Å². The molecular formula is C19H37N. The second kappa shape index (κ2) is 16.5. The van der Waals surface area contributed by atoms with Gasteiger partial charge in [0, 0.05) is 6.04 Å². The third-order valence-corrected chi connectivity index (χ3v) is 3.97. The van der Waals surface area contributed by atoms with Crippen LogP contribution in [0.4, 0.5) is 0 Å². The fraction of sp³-hybridized carbons (Fsp3) is 0.789. The van der Waals surface area contributed by atoms with E-state index in [-0.39, 0.29) is 0 Å². The fourth-order valence-corrected chi connectivity index (χ4v) is 2.60. The number of hydrogen-bond acceptors (Lipinski definition) is 1. The van der Waals surface area contributed by atoms with Gasteiger partial charge >= 0.3 is 0 Å². The van der Waals surface area contributed by atoms with Gasteiger partial charge in [0.25, 0.3) is 0 Å². The number of rotatable bonds is 16. The van der Waals surface area contributed by atoms with Crippen LogP contribution in [0.5, 0.6) is 0 Å². The fourth-order valence-electron chi connectivity index (χ4n) is 2.60. The Balaban J connectivity index is 3.14. The van der Waals surface area contributed by atoms with Gasteiger partial charge in [-0.15, -0.1) is 13.2 Å². The first-order chi connectivity index (χ1) is 9.81. The molecule has 0 saturated carbocycles. The first-order valence-corrected chi connectivity index (χ1v) is 8.78. The summed E-state index contributed by atoms with van der Waals surface area (Å²) in [6.07, 6.45) is 22.2. The van der Waals surface area contributed by atoms with E-state index in [2.05, 4.69) is 13.2 Å². The Morgan fingerprint density at radius 2 is 0.950 bits per heavy atom. The van der Waals surface area contributed by atoms with E-state index in [1.165, 1.54) is 89.9 Å². The predicted octanol–water partition coefficient (Wildman–Crippen LogP) is 6.15. The molecule has 0 aliphatic rings. The van der Waals surface area contributed by atoms with Crippen molar-refractivity contribution < 1.29 is 0 Å². The SMILES string of the molecule is C=CCCCCCCCC(N)CCCCCCCC=C. The van der Waals surface area contributed by atoms with Crippen LogP contribution in [-0.2, 0) is 0 Å². The van der Waals surface area contributed by atoms with Gasteiger partial charge in [0.05, 0.1) is 0 Å². The van der Waals surface area contributed by atoms with Gasteiger partial charge in [0.1, 0.15) is 0 Å². The maximum atomic E-state index is 6.17. The highest BCUT2D eigenvalue weighted by Gasteiger charge is 2.02. The largest absolute Gasteiger partial charge is 0.328 e. The summed E-state index contributed by atoms with van der Waals surface area (Å²) in [7, 11) is 0. The van der Waals surface area contributed by atoms with Crippen molar-refractivity contribution in [2.45, 2.75) is 95.9 Å². The highest BCUT2D eigenvalue weighted by molar-refractivity contribution is 4.67. The van der Waals surface area contributed by atoms with Gasteiger partial charge in [0.15, 0.2) is 0 Å². The van der Waals surface area contributed by atoms with Gasteiger partial charge in [-0.3, -0.25) is 0 Å². The van der Waals surface area contributed by atoms with Crippen molar-refractivity contribution in [2.75, 3.05) is 0 Å². The van der Waals surface area contributed by atoms with Crippen LogP contribution >= 0.6 is 0 Å². The molecular weight excluding hydrogens is 242 g/mol. The summed E-state index contributed by atoms with van der Waals surface area (Å²) in [6, 6.07) is 0.441. The average molecular weight is 280 g/mol. The third-order valence-electron chi connectivity index (χ3n) is 3.97. The molecule has 118 valence electrons. The van der Waals surface area contributed by atoms with E-state index in [4.69, 9.17) is 5.73 Å². The zero-order valence-corrected chi connectivity index (χ0v) is 13.6. The van der Waals surface area contributed by atoms with Gasteiger partial charge in [-0.25, -0.2) is 0 Å². The maximum Gasteiger partial charge on any atom is 0.00388 e. The number of allylic oxidation sites excluding steroid dienone is 2. The van der Waals surface area contributed by atoms with E-state index < -0.39 is 0 Å². The molecule has 0 rings (SSSR count). The molecule has 0 aliphatic heterocycles. The molecule has 0 amide bonds. The highest BCUT2D eigenvalue weighted by Crippen LogP contribution is 2.13. The third kappa shape index (κ3) is 15.5. The first-order valence-electron chi connectivity index (χ1n) is 8.78. The summed E-state index contributed by atoms with van der Waals surface area (Å²) in [5, 5.41) is 0. The summed E-state index contributed by atoms with van der Waals surface area (Å²) < 4.78 is 0. The van der Waals surface area contributed by atoms with Gasteiger partial charge < -0.3 is 5.73 Å². The minimum absolute atomic E-state index is 0.441. The van der Waals surface area contributed by atoms with Crippen molar-refractivity contribution in [2.24, 2.45) is 5.73 Å². The van der Waals surface area contributed by atoms with Crippen molar-refractivity contribution in [1.29, 1.82) is 0 Å². The molecule has 2 N–H and O–H groups in total. The van der Waals surface area contributed by atoms with Crippen LogP contribution in [0.2, 0.25) is 0 Å². The second-order valence-corrected chi connectivity index (χ2v) is 6.03. The van der Waals surface area contributed by atoms with Gasteiger partial charge in [-0.05, 0) is 38.5 Å². The predicted molar refractivity (Wildman–Crippen MR) is 93.0 cm³/mol. The van der Waals surface area contributed by atoms with Crippen LogP contribution in [0.3, 0.4) is 0 Å². The topological polar surface area (TPSA) is 26.0 Å². The molecule has 0 heterocycles. The normalized spacial score (nSPS) is 10.9. The Morgan fingerprint density at radius 3 is 1.35 bits per heavy atom. The molecule has 1 nitrogen and oxygen atoms in total. The van der Waals surface area contributed by atoms with Crippen LogP contribution in [0.1, 0.15) is 89.9 Å². The lowest BCUT2D eigenvalue weighted by molar-refractivity contribution is 0.485. The van der Waals surface area contributed by atoms with E-state index in [0.29, 0.717) is 6.04 Å². The molecule has 0 aromatic rings. The average Bonchev–Trinajstić information content (AvgIpc) is 2.45. The quantitative estimate of drug-likeness (QED) is 0.266. The maximum absolute atomic E-state index is 6.17. The van der Waals surface area contributed by atoms with Crippen molar-refractivity contribution in [3.05, 3.63) is 25.3 Å². The summed E-state index contributed by atoms with van der Waals surface area (Å²) in [4.78, 5) is 0. The highest BCUT2D eigenvalue weighted by atomic mass is 14.6. The van der Waals surface area contributed by atoms with Crippen molar-refractivity contribution >= 4 is 0 Å². The molecule has 0 radical (unpaired) electrons. The summed E-state index contributed by atoms with van der Waals surface area (Å²) in [5.41, 5.74) is 6.17. The molecule has 20 heavy (non-hydrogen) atoms. The molecule has 0 fully saturated rings. The minimum atomic E-state index is 0.441. The zero-order valence-electron chi connectivity index (χ0n) is 13.6. The van der Waals surface area contributed by atoms with E-state index in [1.54, 1.807) is 0 Å². The Labute approximate surface area is 127 Å². The minimum Gasteiger partial charge on any atom is -0.328 e. The first kappa shape index (κ1) is 19.4. The number of nitrogens with two attached hydrogens (primary N) is 1. The van der Waals surface area contributed by atoms with Crippen LogP contribution < -0.4 is 5.73 Å². The summed E-state index contributed by atoms with van der Waals surface area (Å²) in [6.45, 7) is 7.51. The molecule has 0 atom stereocenters. The van der Waals surface area contributed by atoms with E-state index >= 15 is 0 Å². The summed E-state index contributed by atoms with van der Waals surface area (Å²) >= 11 is 0. The number of unbranched alkanes of at least 4 members (excludes halogenated alkanes) is 10. The van der Waals surface area contributed by atoms with E-state index in [0.717, 1.165) is 0 Å². The lowest BCUT2D eigenvalue weighted by Crippen LogP contribution is -2.19. The molecule has 0 aliphatic carbocycles. The monoisotopic (exact) mass is 279 g/mol. The van der Waals surface area contributed by atoms with E-state index in [9.17, 15) is 0 Å². The Hall–Kier alpha value is -0.560. The van der Waals surface area contributed by atoms with Crippen molar-refractivity contribution in [3.8, 4) is 0 Å². The van der Waals surface area contributed by atoms with Crippen LogP contribution in [0.15, 0.2) is 25.3 Å². The lowest BCUT2D eigenvalue weighted by Gasteiger charge is -2.11. The Kier molecular flexibility index (Phi) is 16.0. The van der Waals surface area contributed by atoms with Gasteiger partial charge in [-0.2, -0.15) is 0 Å². The smallest absolute Gasteiger partial charge is 0.00388 e. The lowest BCUT2D eigenvalue weighted by atomic mass is 10.0. The Morgan fingerprint density at radius 1 is 0.600 bits per heavy atom. The molecule has 0 unspecified atom stereocenters. The molecule has 0 bridgehead atoms. The Bertz CT molecular complexity index is 188. The van der Waals surface area contributed by atoms with E-state index in [1.807, 2.05) is 12.2 Å².